The Morgan fingerprint density at radius 3 is 2.78 bits per heavy atom. The van der Waals surface area contributed by atoms with Crippen molar-refractivity contribution in [3.8, 4) is 0 Å². The van der Waals surface area contributed by atoms with Crippen molar-refractivity contribution in [2.45, 2.75) is 65.5 Å². The van der Waals surface area contributed by atoms with Gasteiger partial charge in [-0.15, -0.1) is 0 Å². The minimum Gasteiger partial charge on any atom is -0.311 e. The lowest BCUT2D eigenvalue weighted by Crippen LogP contribution is -2.39. The van der Waals surface area contributed by atoms with Crippen LogP contribution in [0, 0.1) is 5.41 Å². The van der Waals surface area contributed by atoms with Gasteiger partial charge in [0.1, 0.15) is 0 Å². The Hall–Kier alpha value is -0.830. The van der Waals surface area contributed by atoms with Crippen LogP contribution < -0.4 is 5.32 Å². The zero-order valence-electron chi connectivity index (χ0n) is 12.1. The highest BCUT2D eigenvalue weighted by molar-refractivity contribution is 5.00. The highest BCUT2D eigenvalue weighted by Gasteiger charge is 2.34. The second-order valence-corrected chi connectivity index (χ2v) is 5.86. The van der Waals surface area contributed by atoms with Gasteiger partial charge in [0.15, 0.2) is 0 Å². The highest BCUT2D eigenvalue weighted by Crippen LogP contribution is 2.43. The van der Waals surface area contributed by atoms with E-state index in [4.69, 9.17) is 0 Å². The molecule has 2 rings (SSSR count). The maximum atomic E-state index is 4.62. The van der Waals surface area contributed by atoms with Crippen LogP contribution in [0.1, 0.15) is 64.6 Å². The van der Waals surface area contributed by atoms with E-state index in [1.54, 1.807) is 0 Å². The van der Waals surface area contributed by atoms with Crippen LogP contribution in [-0.2, 0) is 6.54 Å². The van der Waals surface area contributed by atoms with Crippen molar-refractivity contribution >= 4 is 0 Å². The lowest BCUT2D eigenvalue weighted by atomic mass is 9.67. The maximum absolute atomic E-state index is 4.62. The van der Waals surface area contributed by atoms with E-state index in [9.17, 15) is 0 Å². The summed E-state index contributed by atoms with van der Waals surface area (Å²) >= 11 is 0. The third kappa shape index (κ3) is 2.94. The first-order valence-electron chi connectivity index (χ1n) is 7.44. The normalized spacial score (nSPS) is 19.5. The summed E-state index contributed by atoms with van der Waals surface area (Å²) in [5.74, 6) is 0. The van der Waals surface area contributed by atoms with E-state index in [2.05, 4.69) is 48.1 Å². The van der Waals surface area contributed by atoms with Crippen LogP contribution in [0.5, 0.6) is 0 Å². The van der Waals surface area contributed by atoms with Gasteiger partial charge in [0, 0.05) is 25.3 Å². The molecule has 1 aliphatic carbocycles. The van der Waals surface area contributed by atoms with Crippen LogP contribution in [0.3, 0.4) is 0 Å². The monoisotopic (exact) mass is 249 g/mol. The second-order valence-electron chi connectivity index (χ2n) is 5.86. The standard InChI is InChI=1S/C15H27N3/c1-4-13(3)18-10-7-14(17-18)11-16-12-15(5-2)8-6-9-15/h7,10,13,16H,4-6,8-9,11-12H2,1-3H3. The Balaban J connectivity index is 1.78. The van der Waals surface area contributed by atoms with Gasteiger partial charge in [-0.3, -0.25) is 4.68 Å². The molecule has 0 radical (unpaired) electrons. The quantitative estimate of drug-likeness (QED) is 0.801. The molecule has 0 bridgehead atoms. The Bertz CT molecular complexity index is 360. The fourth-order valence-electron chi connectivity index (χ4n) is 2.69. The molecule has 1 aromatic rings. The van der Waals surface area contributed by atoms with Crippen molar-refractivity contribution < 1.29 is 0 Å². The smallest absolute Gasteiger partial charge is 0.0762 e. The van der Waals surface area contributed by atoms with Gasteiger partial charge in [0.2, 0.25) is 0 Å². The van der Waals surface area contributed by atoms with Crippen LogP contribution >= 0.6 is 0 Å². The molecule has 0 spiro atoms. The second kappa shape index (κ2) is 5.87. The Morgan fingerprint density at radius 2 is 2.22 bits per heavy atom. The molecule has 0 amide bonds. The minimum absolute atomic E-state index is 0.507. The van der Waals surface area contributed by atoms with Crippen LogP contribution in [0.2, 0.25) is 0 Å². The molecular weight excluding hydrogens is 222 g/mol. The number of hydrogen-bond donors (Lipinski definition) is 1. The Kier molecular flexibility index (Phi) is 4.44. The van der Waals surface area contributed by atoms with Gasteiger partial charge in [-0.05, 0) is 44.1 Å². The molecule has 1 aromatic heterocycles. The van der Waals surface area contributed by atoms with Gasteiger partial charge in [-0.25, -0.2) is 0 Å². The Morgan fingerprint density at radius 1 is 1.44 bits per heavy atom. The van der Waals surface area contributed by atoms with E-state index in [1.165, 1.54) is 31.4 Å². The number of hydrogen-bond acceptors (Lipinski definition) is 2. The van der Waals surface area contributed by atoms with Gasteiger partial charge in [-0.1, -0.05) is 20.3 Å². The van der Waals surface area contributed by atoms with Crippen LogP contribution in [0.4, 0.5) is 0 Å². The lowest BCUT2D eigenvalue weighted by molar-refractivity contribution is 0.123. The van der Waals surface area contributed by atoms with Gasteiger partial charge in [0.05, 0.1) is 5.69 Å². The van der Waals surface area contributed by atoms with E-state index in [-0.39, 0.29) is 0 Å². The van der Waals surface area contributed by atoms with E-state index in [1.807, 2.05) is 0 Å². The third-order valence-corrected chi connectivity index (χ3v) is 4.68. The number of aromatic nitrogens is 2. The topological polar surface area (TPSA) is 29.9 Å². The van der Waals surface area contributed by atoms with Gasteiger partial charge in [0.25, 0.3) is 0 Å². The highest BCUT2D eigenvalue weighted by atomic mass is 15.3. The molecule has 3 nitrogen and oxygen atoms in total. The molecule has 0 saturated heterocycles. The zero-order valence-corrected chi connectivity index (χ0v) is 12.1. The molecular formula is C15H27N3. The molecule has 0 aliphatic heterocycles. The van der Waals surface area contributed by atoms with E-state index in [0.29, 0.717) is 11.5 Å². The fraction of sp³-hybridized carbons (Fsp3) is 0.800. The number of nitrogens with zero attached hydrogens (tertiary/aromatic N) is 2. The van der Waals surface area contributed by atoms with Gasteiger partial charge < -0.3 is 5.32 Å². The largest absolute Gasteiger partial charge is 0.311 e. The first-order chi connectivity index (χ1) is 8.69. The van der Waals surface area contributed by atoms with Crippen molar-refractivity contribution in [1.29, 1.82) is 0 Å². The molecule has 102 valence electrons. The van der Waals surface area contributed by atoms with Crippen LogP contribution in [-0.4, -0.2) is 16.3 Å². The summed E-state index contributed by atoms with van der Waals surface area (Å²) in [4.78, 5) is 0. The summed E-state index contributed by atoms with van der Waals surface area (Å²) in [5.41, 5.74) is 1.76. The predicted molar refractivity (Wildman–Crippen MR) is 75.5 cm³/mol. The first kappa shape index (κ1) is 13.6. The summed E-state index contributed by atoms with van der Waals surface area (Å²) in [7, 11) is 0. The lowest BCUT2D eigenvalue weighted by Gasteiger charge is -2.41. The molecule has 1 unspecified atom stereocenters. The molecule has 1 heterocycles. The van der Waals surface area contributed by atoms with Gasteiger partial charge >= 0.3 is 0 Å². The van der Waals surface area contributed by atoms with Crippen molar-refractivity contribution in [3.63, 3.8) is 0 Å². The maximum Gasteiger partial charge on any atom is 0.0762 e. The fourth-order valence-corrected chi connectivity index (χ4v) is 2.69. The van der Waals surface area contributed by atoms with Crippen molar-refractivity contribution in [2.24, 2.45) is 5.41 Å². The molecule has 3 heteroatoms. The predicted octanol–water partition coefficient (Wildman–Crippen LogP) is 3.52. The third-order valence-electron chi connectivity index (χ3n) is 4.68. The summed E-state index contributed by atoms with van der Waals surface area (Å²) in [5, 5.41) is 8.21. The molecule has 1 saturated carbocycles. The molecule has 1 N–H and O–H groups in total. The first-order valence-corrected chi connectivity index (χ1v) is 7.44. The number of nitrogens with one attached hydrogen (secondary N) is 1. The summed E-state index contributed by atoms with van der Waals surface area (Å²) in [6.07, 6.45) is 8.76. The molecule has 1 aliphatic rings. The van der Waals surface area contributed by atoms with Crippen molar-refractivity contribution in [1.82, 2.24) is 15.1 Å². The van der Waals surface area contributed by atoms with Crippen molar-refractivity contribution in [2.75, 3.05) is 6.54 Å². The van der Waals surface area contributed by atoms with E-state index < -0.39 is 0 Å². The average Bonchev–Trinajstić information content (AvgIpc) is 2.80. The Labute approximate surface area is 111 Å². The number of rotatable bonds is 7. The molecule has 0 aromatic carbocycles. The molecule has 18 heavy (non-hydrogen) atoms. The molecule has 1 fully saturated rings. The SMILES string of the molecule is CCC(C)n1ccc(CNCC2(CC)CCC2)n1. The average molecular weight is 249 g/mol. The summed E-state index contributed by atoms with van der Waals surface area (Å²) in [6, 6.07) is 2.64. The minimum atomic E-state index is 0.507. The van der Waals surface area contributed by atoms with E-state index >= 15 is 0 Å². The van der Waals surface area contributed by atoms with Crippen LogP contribution in [0.15, 0.2) is 12.3 Å². The van der Waals surface area contributed by atoms with Crippen LogP contribution in [0.25, 0.3) is 0 Å². The van der Waals surface area contributed by atoms with Gasteiger partial charge in [-0.2, -0.15) is 5.10 Å². The summed E-state index contributed by atoms with van der Waals surface area (Å²) in [6.45, 7) is 8.79. The zero-order chi connectivity index (χ0) is 13.0. The van der Waals surface area contributed by atoms with Crippen molar-refractivity contribution in [3.05, 3.63) is 18.0 Å². The summed E-state index contributed by atoms with van der Waals surface area (Å²) < 4.78 is 2.08. The molecule has 1 atom stereocenters. The van der Waals surface area contributed by atoms with E-state index in [0.717, 1.165) is 19.5 Å².